The van der Waals surface area contributed by atoms with Crippen molar-refractivity contribution in [3.8, 4) is 0 Å². The van der Waals surface area contributed by atoms with E-state index in [4.69, 9.17) is 0 Å². The summed E-state index contributed by atoms with van der Waals surface area (Å²) >= 11 is 0. The lowest BCUT2D eigenvalue weighted by Gasteiger charge is -2.29. The Morgan fingerprint density at radius 1 is 1.25 bits per heavy atom. The van der Waals surface area contributed by atoms with E-state index in [9.17, 15) is 4.21 Å². The molecule has 0 aromatic carbocycles. The van der Waals surface area contributed by atoms with E-state index in [1.165, 1.54) is 5.56 Å². The molecule has 0 saturated carbocycles. The molecule has 1 aliphatic heterocycles. The molecule has 112 valence electrons. The minimum atomic E-state index is -0.656. The van der Waals surface area contributed by atoms with Crippen molar-refractivity contribution in [3.05, 3.63) is 11.9 Å². The average molecular weight is 296 g/mol. The number of anilines is 2. The van der Waals surface area contributed by atoms with Crippen LogP contribution >= 0.6 is 0 Å². The van der Waals surface area contributed by atoms with Crippen molar-refractivity contribution < 1.29 is 4.21 Å². The van der Waals surface area contributed by atoms with Gasteiger partial charge in [-0.25, -0.2) is 9.97 Å². The molecule has 2 heterocycles. The van der Waals surface area contributed by atoms with Crippen LogP contribution in [0.5, 0.6) is 0 Å². The molecule has 2 rings (SSSR count). The minimum absolute atomic E-state index is 0.656. The van der Waals surface area contributed by atoms with Crippen molar-refractivity contribution in [2.75, 3.05) is 41.4 Å². The Bertz CT molecular complexity index is 456. The van der Waals surface area contributed by atoms with Gasteiger partial charge in [0.15, 0.2) is 0 Å². The smallest absolute Gasteiger partial charge is 0.137 e. The molecule has 1 aliphatic rings. The zero-order valence-corrected chi connectivity index (χ0v) is 13.2. The summed E-state index contributed by atoms with van der Waals surface area (Å²) in [6.45, 7) is 6.90. The summed E-state index contributed by atoms with van der Waals surface area (Å²) < 4.78 is 11.5. The van der Waals surface area contributed by atoms with Gasteiger partial charge in [-0.2, -0.15) is 0 Å². The summed E-state index contributed by atoms with van der Waals surface area (Å²) in [5.74, 6) is 3.48. The molecule has 1 fully saturated rings. The first-order valence-corrected chi connectivity index (χ1v) is 8.92. The standard InChI is InChI=1S/C14H24N4OS/c1-3-5-12-13(15-6-4-2)16-11-17-14(12)18-7-9-20(19)10-8-18/h11H,3-10H2,1-2H3,(H,15,16,17). The van der Waals surface area contributed by atoms with Gasteiger partial charge in [-0.05, 0) is 12.8 Å². The summed E-state index contributed by atoms with van der Waals surface area (Å²) in [4.78, 5) is 11.1. The molecule has 0 aliphatic carbocycles. The fourth-order valence-electron chi connectivity index (χ4n) is 2.40. The number of hydrogen-bond donors (Lipinski definition) is 1. The molecular formula is C14H24N4OS. The Balaban J connectivity index is 2.23. The average Bonchev–Trinajstić information content (AvgIpc) is 2.47. The lowest BCUT2D eigenvalue weighted by molar-refractivity contribution is 0.671. The summed E-state index contributed by atoms with van der Waals surface area (Å²) in [6, 6.07) is 0. The zero-order valence-electron chi connectivity index (χ0n) is 12.4. The van der Waals surface area contributed by atoms with Gasteiger partial charge in [0.1, 0.15) is 18.0 Å². The van der Waals surface area contributed by atoms with Gasteiger partial charge in [0, 0.05) is 47.5 Å². The van der Waals surface area contributed by atoms with E-state index in [0.29, 0.717) is 0 Å². The number of nitrogens with one attached hydrogen (secondary N) is 1. The lowest BCUT2D eigenvalue weighted by Crippen LogP contribution is -2.39. The van der Waals surface area contributed by atoms with Crippen LogP contribution in [0.25, 0.3) is 0 Å². The molecule has 20 heavy (non-hydrogen) atoms. The van der Waals surface area contributed by atoms with E-state index in [1.54, 1.807) is 6.33 Å². The van der Waals surface area contributed by atoms with Gasteiger partial charge < -0.3 is 10.2 Å². The minimum Gasteiger partial charge on any atom is -0.370 e. The molecule has 1 N–H and O–H groups in total. The molecular weight excluding hydrogens is 272 g/mol. The van der Waals surface area contributed by atoms with Crippen molar-refractivity contribution in [2.45, 2.75) is 33.1 Å². The first kappa shape index (κ1) is 15.2. The SMILES string of the molecule is CCCNc1ncnc(N2CCS(=O)CC2)c1CCC. The molecule has 0 bridgehead atoms. The zero-order chi connectivity index (χ0) is 14.4. The molecule has 1 aromatic heterocycles. The highest BCUT2D eigenvalue weighted by molar-refractivity contribution is 7.85. The van der Waals surface area contributed by atoms with Crippen LogP contribution in [0.1, 0.15) is 32.3 Å². The van der Waals surface area contributed by atoms with Gasteiger partial charge in [-0.1, -0.05) is 20.3 Å². The van der Waals surface area contributed by atoms with Crippen LogP contribution in [0.2, 0.25) is 0 Å². The third kappa shape index (κ3) is 3.69. The van der Waals surface area contributed by atoms with Gasteiger partial charge >= 0.3 is 0 Å². The van der Waals surface area contributed by atoms with Crippen LogP contribution in [-0.2, 0) is 17.2 Å². The van der Waals surface area contributed by atoms with E-state index < -0.39 is 10.8 Å². The third-order valence-corrected chi connectivity index (χ3v) is 4.72. The van der Waals surface area contributed by atoms with E-state index in [0.717, 1.165) is 62.0 Å². The van der Waals surface area contributed by atoms with Crippen molar-refractivity contribution in [3.63, 3.8) is 0 Å². The van der Waals surface area contributed by atoms with Crippen LogP contribution in [-0.4, -0.2) is 45.3 Å². The Labute approximate surface area is 123 Å². The Hall–Kier alpha value is -1.17. The maximum atomic E-state index is 11.5. The Morgan fingerprint density at radius 2 is 2.00 bits per heavy atom. The molecule has 0 amide bonds. The number of aromatic nitrogens is 2. The largest absolute Gasteiger partial charge is 0.370 e. The van der Waals surface area contributed by atoms with Crippen LogP contribution in [0.4, 0.5) is 11.6 Å². The molecule has 0 radical (unpaired) electrons. The highest BCUT2D eigenvalue weighted by Gasteiger charge is 2.21. The lowest BCUT2D eigenvalue weighted by atomic mass is 10.1. The van der Waals surface area contributed by atoms with Crippen molar-refractivity contribution in [1.82, 2.24) is 9.97 Å². The Kier molecular flexibility index (Phi) is 5.76. The highest BCUT2D eigenvalue weighted by atomic mass is 32.2. The number of hydrogen-bond acceptors (Lipinski definition) is 5. The van der Waals surface area contributed by atoms with Crippen LogP contribution in [0.15, 0.2) is 6.33 Å². The van der Waals surface area contributed by atoms with Gasteiger partial charge in [0.2, 0.25) is 0 Å². The summed E-state index contributed by atoms with van der Waals surface area (Å²) in [6.07, 6.45) is 4.76. The predicted octanol–water partition coefficient (Wildman–Crippen LogP) is 1.82. The van der Waals surface area contributed by atoms with Crippen LogP contribution in [0.3, 0.4) is 0 Å². The Morgan fingerprint density at radius 3 is 2.65 bits per heavy atom. The van der Waals surface area contributed by atoms with E-state index in [2.05, 4.69) is 34.0 Å². The van der Waals surface area contributed by atoms with Gasteiger partial charge in [0.05, 0.1) is 0 Å². The first-order chi connectivity index (χ1) is 9.76. The normalized spacial score (nSPS) is 16.4. The maximum absolute atomic E-state index is 11.5. The molecule has 6 heteroatoms. The molecule has 0 spiro atoms. The molecule has 0 unspecified atom stereocenters. The fraction of sp³-hybridized carbons (Fsp3) is 0.714. The highest BCUT2D eigenvalue weighted by Crippen LogP contribution is 2.25. The predicted molar refractivity (Wildman–Crippen MR) is 84.9 cm³/mol. The molecule has 5 nitrogen and oxygen atoms in total. The van der Waals surface area contributed by atoms with Gasteiger partial charge in [-0.15, -0.1) is 0 Å². The second-order valence-electron chi connectivity index (χ2n) is 5.04. The second-order valence-corrected chi connectivity index (χ2v) is 6.73. The van der Waals surface area contributed by atoms with E-state index in [-0.39, 0.29) is 0 Å². The van der Waals surface area contributed by atoms with Gasteiger partial charge in [0.25, 0.3) is 0 Å². The number of nitrogens with zero attached hydrogens (tertiary/aromatic N) is 3. The maximum Gasteiger partial charge on any atom is 0.137 e. The quantitative estimate of drug-likeness (QED) is 0.868. The van der Waals surface area contributed by atoms with E-state index >= 15 is 0 Å². The van der Waals surface area contributed by atoms with Crippen molar-refractivity contribution in [2.24, 2.45) is 0 Å². The van der Waals surface area contributed by atoms with Crippen LogP contribution < -0.4 is 10.2 Å². The van der Waals surface area contributed by atoms with Gasteiger partial charge in [-0.3, -0.25) is 4.21 Å². The summed E-state index contributed by atoms with van der Waals surface area (Å²) in [5.41, 5.74) is 1.20. The van der Waals surface area contributed by atoms with Crippen molar-refractivity contribution >= 4 is 22.4 Å². The topological polar surface area (TPSA) is 58.1 Å². The summed E-state index contributed by atoms with van der Waals surface area (Å²) in [7, 11) is -0.656. The molecule has 1 aromatic rings. The number of rotatable bonds is 6. The molecule has 0 atom stereocenters. The fourth-order valence-corrected chi connectivity index (χ4v) is 3.45. The summed E-state index contributed by atoms with van der Waals surface area (Å²) in [5, 5.41) is 3.40. The monoisotopic (exact) mass is 296 g/mol. The second kappa shape index (κ2) is 7.57. The van der Waals surface area contributed by atoms with E-state index in [1.807, 2.05) is 0 Å². The molecule has 1 saturated heterocycles. The van der Waals surface area contributed by atoms with Crippen LogP contribution in [0, 0.1) is 0 Å². The third-order valence-electron chi connectivity index (χ3n) is 3.44. The van der Waals surface area contributed by atoms with Crippen molar-refractivity contribution in [1.29, 1.82) is 0 Å². The first-order valence-electron chi connectivity index (χ1n) is 7.44.